The number of amides is 1. The van der Waals surface area contributed by atoms with Crippen LogP contribution in [0.4, 0.5) is 5.69 Å². The quantitative estimate of drug-likeness (QED) is 0.312. The van der Waals surface area contributed by atoms with E-state index in [1.165, 1.54) is 24.3 Å². The number of rotatable bonds is 12. The highest BCUT2D eigenvalue weighted by Crippen LogP contribution is 2.16. The largest absolute Gasteiger partial charge is 0.491 e. The van der Waals surface area contributed by atoms with Gasteiger partial charge < -0.3 is 24.6 Å². The van der Waals surface area contributed by atoms with Crippen LogP contribution in [0.3, 0.4) is 0 Å². The third kappa shape index (κ3) is 8.66. The van der Waals surface area contributed by atoms with Crippen LogP contribution in [0, 0.1) is 10.1 Å². The van der Waals surface area contributed by atoms with Gasteiger partial charge in [0.25, 0.3) is 5.69 Å². The number of hydrogen-bond donors (Lipinski definition) is 2. The summed E-state index contributed by atoms with van der Waals surface area (Å²) >= 11 is 0. The average Bonchev–Trinajstić information content (AvgIpc) is 2.54. The van der Waals surface area contributed by atoms with Gasteiger partial charge in [-0.2, -0.15) is 0 Å². The number of aliphatic carboxylic acids is 1. The Kier molecular flexibility index (Phi) is 8.79. The third-order valence-electron chi connectivity index (χ3n) is 2.57. The maximum atomic E-state index is 11.2. The molecule has 1 aromatic rings. The molecule has 0 saturated carbocycles. The number of non-ortho nitro benzene ring substituents is 1. The molecule has 0 aliphatic carbocycles. The summed E-state index contributed by atoms with van der Waals surface area (Å²) in [6, 6.07) is 5.68. The van der Waals surface area contributed by atoms with Gasteiger partial charge in [-0.3, -0.25) is 14.9 Å². The van der Waals surface area contributed by atoms with Gasteiger partial charge in [-0.05, 0) is 12.1 Å². The first-order valence-corrected chi connectivity index (χ1v) is 7.00. The first kappa shape index (κ1) is 19.3. The molecule has 132 valence electrons. The molecular formula is C14H18N2O8. The number of hydrogen-bond acceptors (Lipinski definition) is 7. The molecule has 0 atom stereocenters. The number of nitrogens with one attached hydrogen (secondary N) is 1. The number of nitrogens with zero attached hydrogens (tertiary/aromatic N) is 1. The number of carboxylic acids is 1. The zero-order valence-electron chi connectivity index (χ0n) is 12.8. The lowest BCUT2D eigenvalue weighted by Gasteiger charge is -2.08. The van der Waals surface area contributed by atoms with Crippen LogP contribution < -0.4 is 10.1 Å². The van der Waals surface area contributed by atoms with Crippen LogP contribution in [0.2, 0.25) is 0 Å². The molecule has 0 radical (unpaired) electrons. The molecule has 0 bridgehead atoms. The van der Waals surface area contributed by atoms with Gasteiger partial charge in [0.15, 0.2) is 0 Å². The number of carbonyl (C=O) groups excluding carboxylic acids is 1. The zero-order valence-corrected chi connectivity index (χ0v) is 12.8. The summed E-state index contributed by atoms with van der Waals surface area (Å²) in [5.74, 6) is -1.07. The summed E-state index contributed by atoms with van der Waals surface area (Å²) in [7, 11) is 0. The van der Waals surface area contributed by atoms with Gasteiger partial charge in [0.2, 0.25) is 5.91 Å². The second kappa shape index (κ2) is 10.9. The highest BCUT2D eigenvalue weighted by molar-refractivity contribution is 5.77. The fraction of sp³-hybridized carbons (Fsp3) is 0.429. The molecule has 0 unspecified atom stereocenters. The van der Waals surface area contributed by atoms with Crippen molar-refractivity contribution in [2.24, 2.45) is 0 Å². The van der Waals surface area contributed by atoms with E-state index in [0.29, 0.717) is 5.75 Å². The summed E-state index contributed by atoms with van der Waals surface area (Å²) in [6.45, 7) is 0.205. The van der Waals surface area contributed by atoms with Crippen molar-refractivity contribution in [3.05, 3.63) is 34.4 Å². The van der Waals surface area contributed by atoms with Crippen LogP contribution in [-0.4, -0.2) is 61.5 Å². The molecular weight excluding hydrogens is 324 g/mol. The van der Waals surface area contributed by atoms with Gasteiger partial charge in [-0.1, -0.05) is 0 Å². The summed E-state index contributed by atoms with van der Waals surface area (Å²) in [6.07, 6.45) is 0. The van der Waals surface area contributed by atoms with Crippen molar-refractivity contribution in [2.45, 2.75) is 0 Å². The third-order valence-corrected chi connectivity index (χ3v) is 2.57. The Balaban J connectivity index is 2.01. The average molecular weight is 342 g/mol. The lowest BCUT2D eigenvalue weighted by Crippen LogP contribution is -2.31. The topological polar surface area (TPSA) is 137 Å². The van der Waals surface area contributed by atoms with Gasteiger partial charge in [0, 0.05) is 18.7 Å². The van der Waals surface area contributed by atoms with E-state index in [1.54, 1.807) is 0 Å². The van der Waals surface area contributed by atoms with E-state index in [1.807, 2.05) is 0 Å². The Morgan fingerprint density at radius 2 is 1.79 bits per heavy atom. The maximum absolute atomic E-state index is 11.2. The predicted octanol–water partition coefficient (Wildman–Crippen LogP) is 0.208. The standard InChI is InChI=1S/C14H18N2O8/c17-13(9-23-10-14(18)19)15-5-6-22-7-8-24-12-3-1-11(2-4-12)16(20)21/h1-4H,5-10H2,(H,15,17)(H,18,19). The highest BCUT2D eigenvalue weighted by Gasteiger charge is 2.04. The fourth-order valence-corrected chi connectivity index (χ4v) is 1.53. The Morgan fingerprint density at radius 3 is 2.42 bits per heavy atom. The van der Waals surface area contributed by atoms with Crippen LogP contribution >= 0.6 is 0 Å². The molecule has 10 nitrogen and oxygen atoms in total. The van der Waals surface area contributed by atoms with E-state index < -0.39 is 23.4 Å². The van der Waals surface area contributed by atoms with E-state index >= 15 is 0 Å². The number of carbonyl (C=O) groups is 2. The number of benzene rings is 1. The first-order chi connectivity index (χ1) is 11.5. The van der Waals surface area contributed by atoms with Crippen molar-refractivity contribution >= 4 is 17.6 Å². The molecule has 1 amide bonds. The van der Waals surface area contributed by atoms with Crippen LogP contribution in [0.25, 0.3) is 0 Å². The summed E-state index contributed by atoms with van der Waals surface area (Å²) in [5, 5.41) is 21.3. The maximum Gasteiger partial charge on any atom is 0.329 e. The molecule has 0 saturated heterocycles. The molecule has 0 heterocycles. The molecule has 0 aliphatic rings. The van der Waals surface area contributed by atoms with Gasteiger partial charge in [-0.25, -0.2) is 4.79 Å². The summed E-state index contributed by atoms with van der Waals surface area (Å²) in [4.78, 5) is 31.4. The van der Waals surface area contributed by atoms with Gasteiger partial charge >= 0.3 is 5.97 Å². The van der Waals surface area contributed by atoms with Crippen molar-refractivity contribution in [1.82, 2.24) is 5.32 Å². The molecule has 0 spiro atoms. The Labute approximate surface area is 137 Å². The molecule has 1 aromatic carbocycles. The van der Waals surface area contributed by atoms with Gasteiger partial charge in [0.05, 0.1) is 18.1 Å². The second-order valence-corrected chi connectivity index (χ2v) is 4.45. The smallest absolute Gasteiger partial charge is 0.329 e. The van der Waals surface area contributed by atoms with E-state index in [4.69, 9.17) is 14.6 Å². The van der Waals surface area contributed by atoms with Crippen molar-refractivity contribution < 1.29 is 33.8 Å². The summed E-state index contributed by atoms with van der Waals surface area (Å²) < 4.78 is 15.2. The molecule has 0 fully saturated rings. The number of ether oxygens (including phenoxy) is 3. The summed E-state index contributed by atoms with van der Waals surface area (Å²) in [5.41, 5.74) is -0.0123. The lowest BCUT2D eigenvalue weighted by atomic mass is 10.3. The van der Waals surface area contributed by atoms with Crippen LogP contribution in [-0.2, 0) is 19.1 Å². The Bertz CT molecular complexity index is 546. The van der Waals surface area contributed by atoms with Gasteiger partial charge in [-0.15, -0.1) is 0 Å². The Morgan fingerprint density at radius 1 is 1.08 bits per heavy atom. The van der Waals surface area contributed by atoms with Crippen molar-refractivity contribution in [1.29, 1.82) is 0 Å². The SMILES string of the molecule is O=C(O)COCC(=O)NCCOCCOc1ccc([N+](=O)[O-])cc1. The van der Waals surface area contributed by atoms with Crippen molar-refractivity contribution in [3.8, 4) is 5.75 Å². The fourth-order valence-electron chi connectivity index (χ4n) is 1.53. The molecule has 0 aliphatic heterocycles. The number of nitro groups is 1. The second-order valence-electron chi connectivity index (χ2n) is 4.45. The van der Waals surface area contributed by atoms with Crippen LogP contribution in [0.5, 0.6) is 5.75 Å². The number of carboxylic acid groups (broad SMARTS) is 1. The van der Waals surface area contributed by atoms with Crippen LogP contribution in [0.1, 0.15) is 0 Å². The van der Waals surface area contributed by atoms with E-state index in [2.05, 4.69) is 10.1 Å². The van der Waals surface area contributed by atoms with Crippen molar-refractivity contribution in [2.75, 3.05) is 39.6 Å². The molecule has 0 aromatic heterocycles. The highest BCUT2D eigenvalue weighted by atomic mass is 16.6. The van der Waals surface area contributed by atoms with Crippen LogP contribution in [0.15, 0.2) is 24.3 Å². The minimum atomic E-state index is -1.14. The van der Waals surface area contributed by atoms with Gasteiger partial charge in [0.1, 0.15) is 25.6 Å². The van der Waals surface area contributed by atoms with Crippen molar-refractivity contribution in [3.63, 3.8) is 0 Å². The molecule has 24 heavy (non-hydrogen) atoms. The number of nitro benzene ring substituents is 1. The predicted molar refractivity (Wildman–Crippen MR) is 80.9 cm³/mol. The monoisotopic (exact) mass is 342 g/mol. The molecule has 1 rings (SSSR count). The zero-order chi connectivity index (χ0) is 17.8. The van der Waals surface area contributed by atoms with E-state index in [0.717, 1.165) is 0 Å². The molecule has 10 heteroatoms. The van der Waals surface area contributed by atoms with E-state index in [-0.39, 0.29) is 38.7 Å². The minimum Gasteiger partial charge on any atom is -0.491 e. The lowest BCUT2D eigenvalue weighted by molar-refractivity contribution is -0.384. The van der Waals surface area contributed by atoms with E-state index in [9.17, 15) is 19.7 Å². The minimum absolute atomic E-state index is 0.0123. The Hall–Kier alpha value is -2.72. The normalized spacial score (nSPS) is 10.2. The molecule has 2 N–H and O–H groups in total. The first-order valence-electron chi connectivity index (χ1n) is 7.00.